The predicted molar refractivity (Wildman–Crippen MR) is 72.4 cm³/mol. The van der Waals surface area contributed by atoms with Crippen molar-refractivity contribution in [3.05, 3.63) is 22.4 Å². The van der Waals surface area contributed by atoms with Gasteiger partial charge >= 0.3 is 10.2 Å². The van der Waals surface area contributed by atoms with Crippen molar-refractivity contribution in [2.75, 3.05) is 6.54 Å². The van der Waals surface area contributed by atoms with Crippen LogP contribution in [0.2, 0.25) is 0 Å². The lowest BCUT2D eigenvalue weighted by Gasteiger charge is -2.31. The normalized spacial score (nSPS) is 28.7. The zero-order chi connectivity index (χ0) is 14.3. The summed E-state index contributed by atoms with van der Waals surface area (Å²) in [5.74, 6) is -0.695. The molecule has 0 saturated carbocycles. The van der Waals surface area contributed by atoms with E-state index in [0.717, 1.165) is 0 Å². The van der Waals surface area contributed by atoms with Crippen LogP contribution in [-0.4, -0.2) is 43.2 Å². The van der Waals surface area contributed by atoms with Crippen molar-refractivity contribution in [2.45, 2.75) is 24.9 Å². The first-order chi connectivity index (χ1) is 9.47. The quantitative estimate of drug-likeness (QED) is 0.782. The Bertz CT molecular complexity index is 641. The average molecular weight is 315 g/mol. The summed E-state index contributed by atoms with van der Waals surface area (Å²) in [5, 5.41) is 4.67. The molecule has 2 fully saturated rings. The van der Waals surface area contributed by atoms with E-state index in [2.05, 4.69) is 5.32 Å². The molecule has 2 aliphatic rings. The topological polar surface area (TPSA) is 95.6 Å². The molecule has 3 heterocycles. The van der Waals surface area contributed by atoms with Gasteiger partial charge in [0.1, 0.15) is 6.04 Å². The predicted octanol–water partition coefficient (Wildman–Crippen LogP) is -0.314. The first kappa shape index (κ1) is 13.5. The van der Waals surface area contributed by atoms with Crippen LogP contribution >= 0.6 is 11.3 Å². The Labute approximate surface area is 120 Å². The van der Waals surface area contributed by atoms with Gasteiger partial charge in [-0.1, -0.05) is 6.07 Å². The van der Waals surface area contributed by atoms with Crippen LogP contribution in [0.1, 0.15) is 22.5 Å². The number of nitrogens with one attached hydrogen (secondary N) is 2. The highest BCUT2D eigenvalue weighted by molar-refractivity contribution is 7.88. The molecule has 7 nitrogen and oxygen atoms in total. The van der Waals surface area contributed by atoms with Crippen molar-refractivity contribution in [3.63, 3.8) is 0 Å². The molecule has 1 aromatic heterocycles. The maximum atomic E-state index is 11.9. The summed E-state index contributed by atoms with van der Waals surface area (Å²) in [6.07, 6.45) is 0.810. The van der Waals surface area contributed by atoms with Crippen molar-refractivity contribution in [2.24, 2.45) is 0 Å². The lowest BCUT2D eigenvalue weighted by molar-refractivity contribution is -0.122. The highest BCUT2D eigenvalue weighted by Gasteiger charge is 2.47. The molecule has 2 aliphatic heterocycles. The molecular formula is C11H13N3O4S2. The molecule has 0 aromatic carbocycles. The standard InChI is InChI=1S/C11H13N3O4S2/c15-10-8-6-7(3-4-14(8)20(17,18)13-10)12-11(16)9-2-1-5-19-9/h1-2,5,7-8H,3-4,6H2,(H,12,16)(H,13,15). The molecule has 2 N–H and O–H groups in total. The molecule has 0 aliphatic carbocycles. The summed E-state index contributed by atoms with van der Waals surface area (Å²) < 4.78 is 26.4. The summed E-state index contributed by atoms with van der Waals surface area (Å²) >= 11 is 1.34. The Morgan fingerprint density at radius 1 is 1.50 bits per heavy atom. The molecule has 0 radical (unpaired) electrons. The van der Waals surface area contributed by atoms with Crippen LogP contribution in [-0.2, 0) is 15.0 Å². The van der Waals surface area contributed by atoms with Crippen molar-refractivity contribution in [3.8, 4) is 0 Å². The van der Waals surface area contributed by atoms with E-state index in [-0.39, 0.29) is 18.5 Å². The van der Waals surface area contributed by atoms with Crippen LogP contribution in [0.5, 0.6) is 0 Å². The Hall–Kier alpha value is -1.45. The van der Waals surface area contributed by atoms with Crippen molar-refractivity contribution in [1.82, 2.24) is 14.3 Å². The van der Waals surface area contributed by atoms with Gasteiger partial charge in [-0.15, -0.1) is 11.3 Å². The minimum absolute atomic E-state index is 0.181. The van der Waals surface area contributed by atoms with E-state index in [0.29, 0.717) is 17.7 Å². The maximum absolute atomic E-state index is 11.9. The number of hydrogen-bond acceptors (Lipinski definition) is 5. The Morgan fingerprint density at radius 3 is 3.00 bits per heavy atom. The van der Waals surface area contributed by atoms with Gasteiger partial charge in [0.05, 0.1) is 4.88 Å². The second kappa shape index (κ2) is 4.83. The van der Waals surface area contributed by atoms with Gasteiger partial charge in [-0.2, -0.15) is 12.7 Å². The molecular weight excluding hydrogens is 302 g/mol. The minimum atomic E-state index is -3.67. The van der Waals surface area contributed by atoms with Gasteiger partial charge in [0.25, 0.3) is 11.8 Å². The number of amides is 2. The van der Waals surface area contributed by atoms with E-state index in [1.54, 1.807) is 12.1 Å². The number of carbonyl (C=O) groups excluding carboxylic acids is 2. The van der Waals surface area contributed by atoms with Gasteiger partial charge in [0.15, 0.2) is 0 Å². The smallest absolute Gasteiger partial charge is 0.304 e. The van der Waals surface area contributed by atoms with E-state index < -0.39 is 22.2 Å². The molecule has 2 amide bonds. The minimum Gasteiger partial charge on any atom is -0.348 e. The Morgan fingerprint density at radius 2 is 2.30 bits per heavy atom. The van der Waals surface area contributed by atoms with Crippen LogP contribution in [0.15, 0.2) is 17.5 Å². The fourth-order valence-electron chi connectivity index (χ4n) is 2.52. The van der Waals surface area contributed by atoms with E-state index >= 15 is 0 Å². The van der Waals surface area contributed by atoms with Gasteiger partial charge in [-0.3, -0.25) is 9.59 Å². The zero-order valence-electron chi connectivity index (χ0n) is 10.4. The van der Waals surface area contributed by atoms with Crippen LogP contribution in [0.3, 0.4) is 0 Å². The zero-order valence-corrected chi connectivity index (χ0v) is 12.0. The molecule has 3 rings (SSSR count). The summed E-state index contributed by atoms with van der Waals surface area (Å²) in [4.78, 5) is 24.2. The highest BCUT2D eigenvalue weighted by Crippen LogP contribution is 2.25. The molecule has 108 valence electrons. The fraction of sp³-hybridized carbons (Fsp3) is 0.455. The number of hydrogen-bond donors (Lipinski definition) is 2. The number of thiophene rings is 1. The second-order valence-corrected chi connectivity index (χ2v) is 7.34. The summed E-state index contributed by atoms with van der Waals surface area (Å²) in [6.45, 7) is 0.237. The third kappa shape index (κ3) is 2.32. The lowest BCUT2D eigenvalue weighted by Crippen LogP contribution is -2.49. The SMILES string of the molecule is O=C(NC1CCN2C(C1)C(=O)NS2(=O)=O)c1cccs1. The van der Waals surface area contributed by atoms with E-state index in [9.17, 15) is 18.0 Å². The average Bonchev–Trinajstić information content (AvgIpc) is 2.97. The summed E-state index contributed by atoms with van der Waals surface area (Å²) in [6, 6.07) is 2.62. The van der Waals surface area contributed by atoms with Gasteiger partial charge < -0.3 is 5.32 Å². The third-order valence-corrected chi connectivity index (χ3v) is 5.86. The number of piperidine rings is 1. The Kier molecular flexibility index (Phi) is 3.27. The van der Waals surface area contributed by atoms with Crippen LogP contribution < -0.4 is 10.0 Å². The molecule has 9 heteroatoms. The van der Waals surface area contributed by atoms with Gasteiger partial charge in [0, 0.05) is 12.6 Å². The van der Waals surface area contributed by atoms with E-state index in [1.165, 1.54) is 15.6 Å². The number of rotatable bonds is 2. The van der Waals surface area contributed by atoms with Crippen molar-refractivity contribution >= 4 is 33.4 Å². The largest absolute Gasteiger partial charge is 0.348 e. The molecule has 0 spiro atoms. The van der Waals surface area contributed by atoms with E-state index in [1.807, 2.05) is 10.1 Å². The third-order valence-electron chi connectivity index (χ3n) is 3.47. The van der Waals surface area contributed by atoms with Crippen LogP contribution in [0.25, 0.3) is 0 Å². The van der Waals surface area contributed by atoms with Gasteiger partial charge in [0.2, 0.25) is 0 Å². The number of carbonyl (C=O) groups is 2. The van der Waals surface area contributed by atoms with Gasteiger partial charge in [-0.05, 0) is 24.3 Å². The van der Waals surface area contributed by atoms with Crippen molar-refractivity contribution < 1.29 is 18.0 Å². The van der Waals surface area contributed by atoms with Crippen molar-refractivity contribution in [1.29, 1.82) is 0 Å². The molecule has 2 saturated heterocycles. The summed E-state index contributed by atoms with van der Waals surface area (Å²) in [7, 11) is -3.67. The van der Waals surface area contributed by atoms with Crippen LogP contribution in [0, 0.1) is 0 Å². The monoisotopic (exact) mass is 315 g/mol. The van der Waals surface area contributed by atoms with Gasteiger partial charge in [-0.25, -0.2) is 4.72 Å². The maximum Gasteiger partial charge on any atom is 0.304 e. The molecule has 1 aromatic rings. The molecule has 20 heavy (non-hydrogen) atoms. The second-order valence-electron chi connectivity index (χ2n) is 4.77. The molecule has 2 atom stereocenters. The first-order valence-corrected chi connectivity index (χ1v) is 8.47. The Balaban J connectivity index is 1.68. The first-order valence-electron chi connectivity index (χ1n) is 6.15. The van der Waals surface area contributed by atoms with Crippen LogP contribution in [0.4, 0.5) is 0 Å². The fourth-order valence-corrected chi connectivity index (χ4v) is 4.52. The van der Waals surface area contributed by atoms with E-state index in [4.69, 9.17) is 0 Å². The lowest BCUT2D eigenvalue weighted by atomic mass is 9.99. The molecule has 2 unspecified atom stereocenters. The molecule has 0 bridgehead atoms. The number of fused-ring (bicyclic) bond motifs is 1. The number of nitrogens with zero attached hydrogens (tertiary/aromatic N) is 1. The highest BCUT2D eigenvalue weighted by atomic mass is 32.2. The summed E-state index contributed by atoms with van der Waals surface area (Å²) in [5.41, 5.74) is 0.